The van der Waals surface area contributed by atoms with Crippen LogP contribution in [0.4, 0.5) is 0 Å². The number of hydrogen-bond acceptors (Lipinski definition) is 2. The summed E-state index contributed by atoms with van der Waals surface area (Å²) < 4.78 is 0. The molecule has 1 heterocycles. The third-order valence-electron chi connectivity index (χ3n) is 2.68. The van der Waals surface area contributed by atoms with E-state index in [2.05, 4.69) is 4.98 Å². The molecule has 88 valence electrons. The van der Waals surface area contributed by atoms with Crippen LogP contribution >= 0.6 is 0 Å². The molecule has 0 atom stereocenters. The summed E-state index contributed by atoms with van der Waals surface area (Å²) in [5.41, 5.74) is 2.07. The normalized spacial score (nSPS) is 11.9. The van der Waals surface area contributed by atoms with Gasteiger partial charge in [0, 0.05) is 24.3 Å². The molecule has 2 aromatic rings. The van der Waals surface area contributed by atoms with E-state index >= 15 is 0 Å². The summed E-state index contributed by atoms with van der Waals surface area (Å²) in [4.78, 5) is 13.7. The first kappa shape index (κ1) is 11.4. The van der Waals surface area contributed by atoms with Crippen molar-refractivity contribution in [2.24, 2.45) is 0 Å². The van der Waals surface area contributed by atoms with E-state index < -0.39 is 0 Å². The van der Waals surface area contributed by atoms with E-state index in [-0.39, 0.29) is 10.6 Å². The summed E-state index contributed by atoms with van der Waals surface area (Å²) in [5.74, 6) is 0. The molecule has 0 aliphatic carbocycles. The lowest BCUT2D eigenvalue weighted by Gasteiger charge is -1.99. The van der Waals surface area contributed by atoms with Crippen LogP contribution in [-0.2, 0) is 0 Å². The summed E-state index contributed by atoms with van der Waals surface area (Å²) in [6, 6.07) is 7.73. The monoisotopic (exact) mass is 230 g/mol. The zero-order chi connectivity index (χ0) is 12.3. The van der Waals surface area contributed by atoms with Crippen LogP contribution in [0.15, 0.2) is 36.2 Å². The smallest absolute Gasteiger partial charge is 0.246 e. The maximum atomic E-state index is 10.9. The summed E-state index contributed by atoms with van der Waals surface area (Å²) in [7, 11) is 0. The number of aromatic amines is 1. The molecule has 0 aliphatic rings. The van der Waals surface area contributed by atoms with Crippen LogP contribution in [0.25, 0.3) is 17.0 Å². The second-order valence-electron chi connectivity index (χ2n) is 3.93. The molecule has 0 amide bonds. The molecule has 4 heteroatoms. The van der Waals surface area contributed by atoms with E-state index in [1.165, 1.54) is 0 Å². The molecule has 0 radical (unpaired) electrons. The Labute approximate surface area is 99.1 Å². The van der Waals surface area contributed by atoms with E-state index in [0.29, 0.717) is 6.42 Å². The van der Waals surface area contributed by atoms with Gasteiger partial charge in [0.2, 0.25) is 5.70 Å². The standard InChI is InChI=1S/C13H14N2O2/c1-2-4-12(15(16)17)9-11-6-3-5-10-7-8-14-13(10)11/h3,5-9,14H,2,4H2,1H3/b12-9+. The molecular weight excluding hydrogens is 216 g/mol. The van der Waals surface area contributed by atoms with Crippen LogP contribution in [0.5, 0.6) is 0 Å². The molecule has 0 saturated carbocycles. The van der Waals surface area contributed by atoms with Gasteiger partial charge >= 0.3 is 0 Å². The highest BCUT2D eigenvalue weighted by atomic mass is 16.6. The van der Waals surface area contributed by atoms with Crippen molar-refractivity contribution in [2.45, 2.75) is 19.8 Å². The lowest BCUT2D eigenvalue weighted by Crippen LogP contribution is -1.98. The Hall–Kier alpha value is -2.10. The number of fused-ring (bicyclic) bond motifs is 1. The van der Waals surface area contributed by atoms with Crippen molar-refractivity contribution in [3.63, 3.8) is 0 Å². The van der Waals surface area contributed by atoms with E-state index in [4.69, 9.17) is 0 Å². The topological polar surface area (TPSA) is 58.9 Å². The second kappa shape index (κ2) is 4.82. The third-order valence-corrected chi connectivity index (χ3v) is 2.68. The predicted octanol–water partition coefficient (Wildman–Crippen LogP) is 3.59. The summed E-state index contributed by atoms with van der Waals surface area (Å²) in [6.07, 6.45) is 4.76. The molecule has 1 aromatic heterocycles. The number of allylic oxidation sites excluding steroid dienone is 1. The second-order valence-corrected chi connectivity index (χ2v) is 3.93. The zero-order valence-corrected chi connectivity index (χ0v) is 9.64. The molecule has 0 spiro atoms. The summed E-state index contributed by atoms with van der Waals surface area (Å²) in [5, 5.41) is 12.0. The number of nitrogens with zero attached hydrogens (tertiary/aromatic N) is 1. The van der Waals surface area contributed by atoms with Gasteiger partial charge < -0.3 is 4.98 Å². The van der Waals surface area contributed by atoms with E-state index in [1.54, 1.807) is 6.08 Å². The third kappa shape index (κ3) is 2.36. The number of nitro groups is 1. The SMILES string of the molecule is CCC/C(=C\c1cccc2cc[nH]c12)[N+](=O)[O-]. The van der Waals surface area contributed by atoms with Crippen molar-refractivity contribution in [1.29, 1.82) is 0 Å². The molecule has 17 heavy (non-hydrogen) atoms. The number of hydrogen-bond donors (Lipinski definition) is 1. The van der Waals surface area contributed by atoms with Crippen LogP contribution in [0.2, 0.25) is 0 Å². The fourth-order valence-electron chi connectivity index (χ4n) is 1.88. The van der Waals surface area contributed by atoms with Crippen molar-refractivity contribution in [2.75, 3.05) is 0 Å². The fourth-order valence-corrected chi connectivity index (χ4v) is 1.88. The van der Waals surface area contributed by atoms with Crippen molar-refractivity contribution in [1.82, 2.24) is 4.98 Å². The maximum absolute atomic E-state index is 10.9. The molecule has 0 saturated heterocycles. The van der Waals surface area contributed by atoms with Crippen molar-refractivity contribution in [3.05, 3.63) is 51.8 Å². The maximum Gasteiger partial charge on any atom is 0.246 e. The largest absolute Gasteiger partial charge is 0.361 e. The quantitative estimate of drug-likeness (QED) is 0.644. The fraction of sp³-hybridized carbons (Fsp3) is 0.231. The molecule has 1 aromatic carbocycles. The first-order chi connectivity index (χ1) is 8.22. The Bertz CT molecular complexity index is 570. The average Bonchev–Trinajstić information content (AvgIpc) is 2.77. The minimum Gasteiger partial charge on any atom is -0.361 e. The molecule has 0 aliphatic heterocycles. The Morgan fingerprint density at radius 3 is 3.00 bits per heavy atom. The molecule has 0 fully saturated rings. The number of benzene rings is 1. The summed E-state index contributed by atoms with van der Waals surface area (Å²) in [6.45, 7) is 1.94. The Morgan fingerprint density at radius 1 is 1.47 bits per heavy atom. The Morgan fingerprint density at radius 2 is 2.29 bits per heavy atom. The van der Waals surface area contributed by atoms with Crippen LogP contribution in [0.1, 0.15) is 25.3 Å². The van der Waals surface area contributed by atoms with Gasteiger partial charge in [0.05, 0.1) is 10.4 Å². The van der Waals surface area contributed by atoms with E-state index in [9.17, 15) is 10.1 Å². The minimum absolute atomic E-state index is 0.259. The minimum atomic E-state index is -0.300. The zero-order valence-electron chi connectivity index (χ0n) is 9.64. The number of H-pyrrole nitrogens is 1. The number of aromatic nitrogens is 1. The Kier molecular flexibility index (Phi) is 3.23. The first-order valence-electron chi connectivity index (χ1n) is 5.63. The highest BCUT2D eigenvalue weighted by Crippen LogP contribution is 2.20. The molecule has 0 unspecified atom stereocenters. The van der Waals surface area contributed by atoms with Gasteiger partial charge in [0.1, 0.15) is 0 Å². The highest BCUT2D eigenvalue weighted by molar-refractivity contribution is 5.87. The van der Waals surface area contributed by atoms with Gasteiger partial charge in [-0.1, -0.05) is 25.1 Å². The van der Waals surface area contributed by atoms with Crippen molar-refractivity contribution >= 4 is 17.0 Å². The number of para-hydroxylation sites is 1. The molecule has 2 rings (SSSR count). The summed E-state index contributed by atoms with van der Waals surface area (Å²) >= 11 is 0. The van der Waals surface area contributed by atoms with Crippen molar-refractivity contribution in [3.8, 4) is 0 Å². The van der Waals surface area contributed by atoms with Gasteiger partial charge in [-0.15, -0.1) is 0 Å². The first-order valence-corrected chi connectivity index (χ1v) is 5.63. The number of nitrogens with one attached hydrogen (secondary N) is 1. The van der Waals surface area contributed by atoms with Crippen LogP contribution in [-0.4, -0.2) is 9.91 Å². The molecule has 4 nitrogen and oxygen atoms in total. The lowest BCUT2D eigenvalue weighted by atomic mass is 10.1. The Balaban J connectivity index is 2.48. The molecule has 1 N–H and O–H groups in total. The van der Waals surface area contributed by atoms with Gasteiger partial charge in [-0.3, -0.25) is 10.1 Å². The van der Waals surface area contributed by atoms with Gasteiger partial charge in [-0.25, -0.2) is 0 Å². The predicted molar refractivity (Wildman–Crippen MR) is 68.2 cm³/mol. The van der Waals surface area contributed by atoms with Crippen LogP contribution in [0, 0.1) is 10.1 Å². The molecular formula is C13H14N2O2. The van der Waals surface area contributed by atoms with Crippen LogP contribution in [0.3, 0.4) is 0 Å². The van der Waals surface area contributed by atoms with Gasteiger partial charge in [0.15, 0.2) is 0 Å². The van der Waals surface area contributed by atoms with E-state index in [0.717, 1.165) is 22.9 Å². The van der Waals surface area contributed by atoms with Crippen molar-refractivity contribution < 1.29 is 4.92 Å². The van der Waals surface area contributed by atoms with Gasteiger partial charge in [-0.05, 0) is 17.9 Å². The van der Waals surface area contributed by atoms with E-state index in [1.807, 2.05) is 37.4 Å². The van der Waals surface area contributed by atoms with Gasteiger partial charge in [0.25, 0.3) is 0 Å². The average molecular weight is 230 g/mol. The van der Waals surface area contributed by atoms with Crippen LogP contribution < -0.4 is 0 Å². The highest BCUT2D eigenvalue weighted by Gasteiger charge is 2.10. The number of rotatable bonds is 4. The molecule has 0 bridgehead atoms. The lowest BCUT2D eigenvalue weighted by molar-refractivity contribution is -0.426. The van der Waals surface area contributed by atoms with Gasteiger partial charge in [-0.2, -0.15) is 0 Å².